The molecule has 8 heterocycles. The molecule has 16 aromatic carbocycles. The predicted octanol–water partition coefficient (Wildman–Crippen LogP) is 16.5. The number of nitrogens with zero attached hydrogens (tertiary/aromatic N) is 6. The first-order valence-corrected chi connectivity index (χ1v) is 37.6. The first kappa shape index (κ1) is 60.3. The SMILES string of the molecule is c1ccc(N(c2ccccc2)c2cc3c4c(c2)N(c2ccccc2)c2ccccc2B4c2cc4c(cc2O3)Oc2cc3c5c6c2B4c2ccccc2N6c2ccccc2B5c2cc4c(cc2N3c2ccccc2)Oc2cc(N(c3ccccc3)c3ccccc3)cc3c2B4c2ccccc2N3c2ccccc2)cc1. The van der Waals surface area contributed by atoms with Gasteiger partial charge in [-0.05, 0) is 187 Å². The molecule has 0 atom stereocenters. The van der Waals surface area contributed by atoms with E-state index < -0.39 is 0 Å². The third kappa shape index (κ3) is 8.72. The molecule has 0 aliphatic carbocycles. The molecule has 0 spiro atoms. The van der Waals surface area contributed by atoms with Gasteiger partial charge in [-0.1, -0.05) is 212 Å². The van der Waals surface area contributed by atoms with Crippen molar-refractivity contribution in [3.8, 4) is 34.5 Å². The summed E-state index contributed by atoms with van der Waals surface area (Å²) in [5, 5.41) is 0. The smallest absolute Gasteiger partial charge is 0.256 e. The highest BCUT2D eigenvalue weighted by Gasteiger charge is 2.54. The molecule has 0 aromatic heterocycles. The molecule has 24 rings (SSSR count). The van der Waals surface area contributed by atoms with Crippen molar-refractivity contribution in [2.75, 3.05) is 29.4 Å². The van der Waals surface area contributed by atoms with Crippen LogP contribution in [-0.4, -0.2) is 26.9 Å². The fourth-order valence-electron chi connectivity index (χ4n) is 19.4. The van der Waals surface area contributed by atoms with Crippen LogP contribution >= 0.6 is 0 Å². The molecule has 0 fully saturated rings. The second-order valence-corrected chi connectivity index (χ2v) is 29.3. The highest BCUT2D eigenvalue weighted by atomic mass is 16.5. The summed E-state index contributed by atoms with van der Waals surface area (Å²) >= 11 is 0. The second-order valence-electron chi connectivity index (χ2n) is 29.3. The molecule has 0 bridgehead atoms. The Morgan fingerprint density at radius 2 is 0.468 bits per heavy atom. The van der Waals surface area contributed by atoms with E-state index in [-0.39, 0.29) is 26.9 Å². The third-order valence-electron chi connectivity index (χ3n) is 23.6. The van der Waals surface area contributed by atoms with Gasteiger partial charge in [0.25, 0.3) is 26.9 Å². The quantitative estimate of drug-likeness (QED) is 0.132. The monoisotopic (exact) mass is 1390 g/mol. The molecule has 16 aromatic rings. The molecule has 8 aliphatic heterocycles. The summed E-state index contributed by atoms with van der Waals surface area (Å²) in [6.45, 7) is -0.851. The first-order valence-electron chi connectivity index (χ1n) is 37.6. The fraction of sp³-hybridized carbons (Fsp3) is 0. The van der Waals surface area contributed by atoms with Crippen LogP contribution in [0.5, 0.6) is 34.5 Å². The van der Waals surface area contributed by atoms with Crippen LogP contribution in [0.2, 0.25) is 0 Å². The number of benzene rings is 16. The molecule has 8 aliphatic rings. The third-order valence-corrected chi connectivity index (χ3v) is 23.6. The van der Waals surface area contributed by atoms with Crippen molar-refractivity contribution >= 4 is 195 Å². The van der Waals surface area contributed by atoms with Gasteiger partial charge in [0.1, 0.15) is 34.5 Å². The van der Waals surface area contributed by atoms with Gasteiger partial charge < -0.3 is 43.6 Å². The first-order chi connectivity index (χ1) is 54.1. The molecule has 109 heavy (non-hydrogen) atoms. The standard InChI is InChI=1S/C96H60B4N6O3/c1-8-30-61(31-9-1)101(62-32-10-2-11-33-62)68-52-83-92-89(54-68)107-86-58-82-74(56-75(86)98(92)70-44-22-26-48-78(70)103(83)65-38-16-5-17-39-65)97-72-46-24-28-50-80(72)106-81-51-29-25-47-73(81)100-77-57-76-87(60-88(77)109-91-59-85(94(97)96(106)95(91)100)105(82)67-42-20-7-21-43-67)108-90-55-69(102(63-34-12-3-13-35-63)64-36-14-4-15-37-64)53-84-93(90)99(76)71-45-23-27-49-79(71)104(84)66-40-18-6-19-41-66/h1-60H. The molecule has 0 amide bonds. The van der Waals surface area contributed by atoms with E-state index in [2.05, 4.69) is 393 Å². The van der Waals surface area contributed by atoms with Gasteiger partial charge in [0.15, 0.2) is 0 Å². The van der Waals surface area contributed by atoms with Gasteiger partial charge in [0.2, 0.25) is 0 Å². The van der Waals surface area contributed by atoms with Crippen molar-refractivity contribution in [2.24, 2.45) is 0 Å². The van der Waals surface area contributed by atoms with Crippen LogP contribution in [-0.2, 0) is 0 Å². The number of para-hydroxylation sites is 11. The van der Waals surface area contributed by atoms with Crippen LogP contribution in [0.3, 0.4) is 0 Å². The number of fused-ring (bicyclic) bond motifs is 18. The van der Waals surface area contributed by atoms with E-state index in [1.54, 1.807) is 0 Å². The van der Waals surface area contributed by atoms with E-state index in [0.717, 1.165) is 170 Å². The van der Waals surface area contributed by atoms with E-state index in [1.165, 1.54) is 32.8 Å². The Kier molecular flexibility index (Phi) is 12.8. The minimum atomic E-state index is -0.231. The highest BCUT2D eigenvalue weighted by molar-refractivity contribution is 7.06. The molecule has 13 heteroatoms. The largest absolute Gasteiger partial charge is 0.458 e. The number of ether oxygens (including phenoxy) is 3. The average Bonchev–Trinajstić information content (AvgIpc) is 0.669. The molecule has 0 N–H and O–H groups in total. The van der Waals surface area contributed by atoms with Gasteiger partial charge in [-0.3, -0.25) is 0 Å². The maximum atomic E-state index is 7.82. The Bertz CT molecular complexity index is 6400. The van der Waals surface area contributed by atoms with E-state index in [1.807, 2.05) is 0 Å². The lowest BCUT2D eigenvalue weighted by atomic mass is 9.28. The Morgan fingerprint density at radius 3 is 0.862 bits per heavy atom. The van der Waals surface area contributed by atoms with Gasteiger partial charge >= 0.3 is 0 Å². The van der Waals surface area contributed by atoms with Crippen LogP contribution in [0.15, 0.2) is 364 Å². The zero-order valence-electron chi connectivity index (χ0n) is 58.9. The van der Waals surface area contributed by atoms with Crippen LogP contribution in [0.1, 0.15) is 0 Å². The summed E-state index contributed by atoms with van der Waals surface area (Å²) in [5.41, 5.74) is 33.3. The van der Waals surface area contributed by atoms with Crippen molar-refractivity contribution in [2.45, 2.75) is 0 Å². The van der Waals surface area contributed by atoms with E-state index in [0.29, 0.717) is 0 Å². The van der Waals surface area contributed by atoms with Crippen LogP contribution in [0.4, 0.5) is 102 Å². The molecular formula is C96H60B4N6O3. The van der Waals surface area contributed by atoms with Crippen LogP contribution in [0, 0.1) is 0 Å². The van der Waals surface area contributed by atoms with E-state index in [9.17, 15) is 0 Å². The Hall–Kier alpha value is -14.0. The number of hydrogen-bond acceptors (Lipinski definition) is 9. The minimum absolute atomic E-state index is 0.201. The van der Waals surface area contributed by atoms with Crippen LogP contribution in [0.25, 0.3) is 0 Å². The van der Waals surface area contributed by atoms with Crippen molar-refractivity contribution < 1.29 is 14.2 Å². The highest BCUT2D eigenvalue weighted by Crippen LogP contribution is 2.53. The normalized spacial score (nSPS) is 13.8. The summed E-state index contributed by atoms with van der Waals surface area (Å²) < 4.78 is 23.2. The summed E-state index contributed by atoms with van der Waals surface area (Å²) in [5.74, 6) is 4.77. The molecule has 0 radical (unpaired) electrons. The second kappa shape index (κ2) is 23.2. The lowest BCUT2D eigenvalue weighted by molar-refractivity contribution is 0.466. The number of anilines is 18. The summed E-state index contributed by atoms with van der Waals surface area (Å²) in [4.78, 5) is 14.6. The summed E-state index contributed by atoms with van der Waals surface area (Å²) in [6.07, 6.45) is 0. The van der Waals surface area contributed by atoms with Crippen molar-refractivity contribution in [3.05, 3.63) is 364 Å². The Labute approximate surface area is 632 Å². The van der Waals surface area contributed by atoms with Gasteiger partial charge in [0, 0.05) is 121 Å². The lowest BCUT2D eigenvalue weighted by Crippen LogP contribution is -2.69. The topological polar surface area (TPSA) is 47.1 Å². The maximum Gasteiger partial charge on any atom is 0.256 e. The molecule has 9 nitrogen and oxygen atoms in total. The van der Waals surface area contributed by atoms with E-state index >= 15 is 0 Å². The molecule has 504 valence electrons. The Balaban J connectivity index is 0.724. The van der Waals surface area contributed by atoms with Crippen molar-refractivity contribution in [3.63, 3.8) is 0 Å². The molecular weight excluding hydrogens is 1330 g/mol. The zero-order chi connectivity index (χ0) is 71.1. The minimum Gasteiger partial charge on any atom is -0.458 e. The van der Waals surface area contributed by atoms with Crippen molar-refractivity contribution in [1.29, 1.82) is 0 Å². The van der Waals surface area contributed by atoms with E-state index in [4.69, 9.17) is 14.2 Å². The lowest BCUT2D eigenvalue weighted by Gasteiger charge is -2.49. The van der Waals surface area contributed by atoms with Gasteiger partial charge in [-0.15, -0.1) is 0 Å². The molecule has 0 unspecified atom stereocenters. The number of rotatable bonds is 9. The molecule has 0 saturated carbocycles. The zero-order valence-corrected chi connectivity index (χ0v) is 58.9. The maximum absolute atomic E-state index is 7.82. The summed E-state index contributed by atoms with van der Waals surface area (Å²) in [7, 11) is 0. The van der Waals surface area contributed by atoms with Gasteiger partial charge in [0.05, 0.1) is 11.4 Å². The fourth-order valence-corrected chi connectivity index (χ4v) is 19.4. The van der Waals surface area contributed by atoms with Crippen LogP contribution < -0.4 is 109 Å². The molecule has 0 saturated heterocycles. The Morgan fingerprint density at radius 1 is 0.183 bits per heavy atom. The van der Waals surface area contributed by atoms with Crippen molar-refractivity contribution in [1.82, 2.24) is 0 Å². The predicted molar refractivity (Wildman–Crippen MR) is 453 cm³/mol. The van der Waals surface area contributed by atoms with Gasteiger partial charge in [-0.2, -0.15) is 0 Å². The van der Waals surface area contributed by atoms with Gasteiger partial charge in [-0.25, -0.2) is 0 Å². The average molecular weight is 1390 g/mol. The number of hydrogen-bond donors (Lipinski definition) is 0. The summed E-state index contributed by atoms with van der Waals surface area (Å²) in [6, 6.07) is 133.